The van der Waals surface area contributed by atoms with Gasteiger partial charge in [-0.05, 0) is 17.7 Å². The van der Waals surface area contributed by atoms with Gasteiger partial charge >= 0.3 is 29.6 Å². The van der Waals surface area contributed by atoms with Crippen molar-refractivity contribution < 1.29 is 43.8 Å². The van der Waals surface area contributed by atoms with Crippen molar-refractivity contribution in [2.45, 2.75) is 0 Å². The second kappa shape index (κ2) is 4.82. The van der Waals surface area contributed by atoms with Crippen LogP contribution in [0.2, 0.25) is 5.02 Å². The van der Waals surface area contributed by atoms with Crippen LogP contribution in [-0.4, -0.2) is 5.97 Å². The van der Waals surface area contributed by atoms with Crippen molar-refractivity contribution >= 4 is 17.6 Å². The molecule has 1 aromatic rings. The molecule has 0 saturated heterocycles. The Bertz CT molecular complexity index is 303. The van der Waals surface area contributed by atoms with E-state index in [0.717, 1.165) is 18.2 Å². The molecule has 5 heteroatoms. The molecule has 1 aromatic carbocycles. The van der Waals surface area contributed by atoms with Gasteiger partial charge in [0.05, 0.1) is 11.0 Å². The second-order valence-corrected chi connectivity index (χ2v) is 2.32. The summed E-state index contributed by atoms with van der Waals surface area (Å²) in [5.41, 5.74) is -0.128. The minimum atomic E-state index is -1.37. The van der Waals surface area contributed by atoms with E-state index in [0.29, 0.717) is 0 Å². The van der Waals surface area contributed by atoms with Crippen molar-refractivity contribution in [2.24, 2.45) is 0 Å². The van der Waals surface area contributed by atoms with Crippen molar-refractivity contribution in [3.05, 3.63) is 34.6 Å². The normalized spacial score (nSPS) is 8.83. The maximum Gasteiger partial charge on any atom is 1.00 e. The third-order valence-corrected chi connectivity index (χ3v) is 1.44. The molecular weight excluding hydrogens is 194 g/mol. The fourth-order valence-electron chi connectivity index (χ4n) is 0.623. The molecule has 1 rings (SSSR count). The largest absolute Gasteiger partial charge is 1.00 e. The summed E-state index contributed by atoms with van der Waals surface area (Å²) < 4.78 is 12.4. The van der Waals surface area contributed by atoms with Gasteiger partial charge in [-0.2, -0.15) is 0 Å². The van der Waals surface area contributed by atoms with Crippen LogP contribution in [0.3, 0.4) is 0 Å². The summed E-state index contributed by atoms with van der Waals surface area (Å²) in [5.74, 6) is -2.01. The Kier molecular flexibility index (Phi) is 4.78. The van der Waals surface area contributed by atoms with E-state index in [-0.39, 0.29) is 40.1 Å². The minimum Gasteiger partial charge on any atom is -0.545 e. The van der Waals surface area contributed by atoms with Gasteiger partial charge in [-0.1, -0.05) is 17.7 Å². The van der Waals surface area contributed by atoms with Crippen LogP contribution in [0.15, 0.2) is 18.2 Å². The zero-order chi connectivity index (χ0) is 8.43. The van der Waals surface area contributed by atoms with Crippen LogP contribution in [0, 0.1) is 5.82 Å². The molecule has 0 aliphatic heterocycles. The molecule has 0 heterocycles. The molecule has 0 aliphatic rings. The van der Waals surface area contributed by atoms with Crippen LogP contribution in [0.25, 0.3) is 0 Å². The van der Waals surface area contributed by atoms with Gasteiger partial charge in [0, 0.05) is 0 Å². The van der Waals surface area contributed by atoms with Gasteiger partial charge in [0.25, 0.3) is 0 Å². The molecule has 0 aliphatic carbocycles. The Labute approximate surface area is 95.6 Å². The van der Waals surface area contributed by atoms with Crippen LogP contribution < -0.4 is 34.7 Å². The third-order valence-electron chi connectivity index (χ3n) is 1.16. The van der Waals surface area contributed by atoms with Crippen molar-refractivity contribution in [1.82, 2.24) is 0 Å². The van der Waals surface area contributed by atoms with Gasteiger partial charge in [0.1, 0.15) is 5.82 Å². The fraction of sp³-hybridized carbons (Fsp3) is 0. The van der Waals surface area contributed by atoms with Crippen molar-refractivity contribution in [1.29, 1.82) is 0 Å². The van der Waals surface area contributed by atoms with E-state index < -0.39 is 11.8 Å². The zero-order valence-electron chi connectivity index (χ0n) is 6.30. The molecule has 0 saturated carbocycles. The SMILES string of the molecule is O=C([O-])c1ccc(F)c(Cl)c1.[Na+]. The topological polar surface area (TPSA) is 40.1 Å². The van der Waals surface area contributed by atoms with Gasteiger partial charge in [0.15, 0.2) is 0 Å². The average Bonchev–Trinajstić information content (AvgIpc) is 1.94. The van der Waals surface area contributed by atoms with E-state index in [4.69, 9.17) is 11.6 Å². The first-order valence-electron chi connectivity index (χ1n) is 2.77. The van der Waals surface area contributed by atoms with Gasteiger partial charge in [-0.15, -0.1) is 0 Å². The monoisotopic (exact) mass is 196 g/mol. The number of hydrogen-bond donors (Lipinski definition) is 0. The molecule has 2 nitrogen and oxygen atoms in total. The molecule has 58 valence electrons. The predicted octanol–water partition coefficient (Wildman–Crippen LogP) is -2.15. The maximum atomic E-state index is 12.4. The average molecular weight is 197 g/mol. The Morgan fingerprint density at radius 2 is 2.08 bits per heavy atom. The molecular formula is C7H3ClFNaO2. The number of carboxylic acids is 1. The molecule has 0 bridgehead atoms. The predicted molar refractivity (Wildman–Crippen MR) is 35.7 cm³/mol. The van der Waals surface area contributed by atoms with E-state index >= 15 is 0 Å². The number of carboxylic acid groups (broad SMARTS) is 1. The fourth-order valence-corrected chi connectivity index (χ4v) is 0.804. The van der Waals surface area contributed by atoms with E-state index in [1.807, 2.05) is 0 Å². The molecule has 0 atom stereocenters. The number of benzene rings is 1. The van der Waals surface area contributed by atoms with Gasteiger partial charge < -0.3 is 9.90 Å². The van der Waals surface area contributed by atoms with Crippen LogP contribution >= 0.6 is 11.6 Å². The van der Waals surface area contributed by atoms with Crippen LogP contribution in [-0.2, 0) is 0 Å². The summed E-state index contributed by atoms with van der Waals surface area (Å²) in [4.78, 5) is 10.2. The number of carbonyl (C=O) groups excluding carboxylic acids is 1. The van der Waals surface area contributed by atoms with E-state index in [1.54, 1.807) is 0 Å². The Morgan fingerprint density at radius 1 is 1.50 bits per heavy atom. The van der Waals surface area contributed by atoms with Crippen molar-refractivity contribution in [2.75, 3.05) is 0 Å². The summed E-state index contributed by atoms with van der Waals surface area (Å²) in [5, 5.41) is 9.96. The Hall–Kier alpha value is -0.0900. The van der Waals surface area contributed by atoms with Gasteiger partial charge in [-0.3, -0.25) is 0 Å². The third kappa shape index (κ3) is 2.75. The number of halogens is 2. The number of aromatic carboxylic acids is 1. The zero-order valence-corrected chi connectivity index (χ0v) is 9.06. The second-order valence-electron chi connectivity index (χ2n) is 1.92. The molecule has 12 heavy (non-hydrogen) atoms. The number of hydrogen-bond acceptors (Lipinski definition) is 2. The molecule has 0 unspecified atom stereocenters. The van der Waals surface area contributed by atoms with Crippen LogP contribution in [0.4, 0.5) is 4.39 Å². The van der Waals surface area contributed by atoms with Crippen LogP contribution in [0.1, 0.15) is 10.4 Å². The summed E-state index contributed by atoms with van der Waals surface area (Å²) in [6.07, 6.45) is 0. The first kappa shape index (κ1) is 11.9. The standard InChI is InChI=1S/C7H4ClFO2.Na/c8-5-3-4(7(10)11)1-2-6(5)9;/h1-3H,(H,10,11);/q;+1/p-1. The number of rotatable bonds is 1. The van der Waals surface area contributed by atoms with Crippen LogP contribution in [0.5, 0.6) is 0 Å². The molecule has 0 N–H and O–H groups in total. The smallest absolute Gasteiger partial charge is 0.545 e. The minimum absolute atomic E-state index is 0. The molecule has 0 aromatic heterocycles. The van der Waals surface area contributed by atoms with Crippen molar-refractivity contribution in [3.8, 4) is 0 Å². The summed E-state index contributed by atoms with van der Waals surface area (Å²) >= 11 is 5.29. The first-order valence-corrected chi connectivity index (χ1v) is 3.15. The van der Waals surface area contributed by atoms with E-state index in [9.17, 15) is 14.3 Å². The summed E-state index contributed by atoms with van der Waals surface area (Å²) in [6.45, 7) is 0. The Balaban J connectivity index is 0.00000121. The summed E-state index contributed by atoms with van der Waals surface area (Å²) in [6, 6.07) is 3.08. The number of carbonyl (C=O) groups is 1. The summed E-state index contributed by atoms with van der Waals surface area (Å²) in [7, 11) is 0. The van der Waals surface area contributed by atoms with E-state index in [2.05, 4.69) is 0 Å². The molecule has 0 spiro atoms. The quantitative estimate of drug-likeness (QED) is 0.481. The van der Waals surface area contributed by atoms with Gasteiger partial charge in [-0.25, -0.2) is 4.39 Å². The van der Waals surface area contributed by atoms with Gasteiger partial charge in [0.2, 0.25) is 0 Å². The maximum absolute atomic E-state index is 12.4. The molecule has 0 radical (unpaired) electrons. The molecule has 0 fully saturated rings. The van der Waals surface area contributed by atoms with E-state index in [1.165, 1.54) is 0 Å². The first-order chi connectivity index (χ1) is 5.11. The Morgan fingerprint density at radius 3 is 2.50 bits per heavy atom. The molecule has 0 amide bonds. The van der Waals surface area contributed by atoms with Crippen molar-refractivity contribution in [3.63, 3.8) is 0 Å².